The maximum absolute atomic E-state index is 11.2. The van der Waals surface area contributed by atoms with Crippen molar-refractivity contribution in [3.63, 3.8) is 0 Å². The molecule has 2 heteroatoms. The molecule has 21 heavy (non-hydrogen) atoms. The minimum atomic E-state index is -0.766. The summed E-state index contributed by atoms with van der Waals surface area (Å²) < 4.78 is 0. The summed E-state index contributed by atoms with van der Waals surface area (Å²) >= 11 is 0. The largest absolute Gasteiger partial charge is 0.481 e. The van der Waals surface area contributed by atoms with Crippen molar-refractivity contribution in [1.29, 1.82) is 0 Å². The molecule has 0 fully saturated rings. The first-order valence-corrected chi connectivity index (χ1v) is 7.39. The number of carbonyl (C=O) groups is 1. The van der Waals surface area contributed by atoms with Crippen LogP contribution in [0.4, 0.5) is 0 Å². The van der Waals surface area contributed by atoms with Crippen molar-refractivity contribution in [2.75, 3.05) is 0 Å². The van der Waals surface area contributed by atoms with Crippen molar-refractivity contribution in [1.82, 2.24) is 0 Å². The smallest absolute Gasteiger partial charge is 0.304 e. The van der Waals surface area contributed by atoms with Crippen LogP contribution in [0.3, 0.4) is 0 Å². The molecule has 1 unspecified atom stereocenters. The van der Waals surface area contributed by atoms with Gasteiger partial charge >= 0.3 is 5.97 Å². The zero-order chi connectivity index (χ0) is 15.4. The molecular formula is C19H22O2. The van der Waals surface area contributed by atoms with Gasteiger partial charge in [0.15, 0.2) is 0 Å². The summed E-state index contributed by atoms with van der Waals surface area (Å²) in [6.45, 7) is 6.26. The molecule has 0 saturated heterocycles. The second-order valence-electron chi connectivity index (χ2n) is 5.59. The maximum Gasteiger partial charge on any atom is 0.304 e. The fourth-order valence-corrected chi connectivity index (χ4v) is 2.57. The van der Waals surface area contributed by atoms with Gasteiger partial charge < -0.3 is 5.11 Å². The minimum Gasteiger partial charge on any atom is -0.481 e. The Morgan fingerprint density at radius 1 is 1.00 bits per heavy atom. The maximum atomic E-state index is 11.2. The Bertz CT molecular complexity index is 627. The predicted molar refractivity (Wildman–Crippen MR) is 85.8 cm³/mol. The average molecular weight is 282 g/mol. The second kappa shape index (κ2) is 6.57. The van der Waals surface area contributed by atoms with Crippen molar-refractivity contribution in [3.05, 3.63) is 70.3 Å². The molecule has 0 radical (unpaired) electrons. The van der Waals surface area contributed by atoms with Gasteiger partial charge in [-0.25, -0.2) is 0 Å². The van der Waals surface area contributed by atoms with Gasteiger partial charge in [0.1, 0.15) is 0 Å². The Morgan fingerprint density at radius 2 is 1.62 bits per heavy atom. The standard InChI is InChI=1S/C19H22O2/c1-4-15-6-9-16(10-7-15)18(12-19(20)21)17-8-5-13(2)14(3)11-17/h5-11,18H,4,12H2,1-3H3,(H,20,21). The van der Waals surface area contributed by atoms with E-state index in [1.807, 2.05) is 6.07 Å². The highest BCUT2D eigenvalue weighted by Crippen LogP contribution is 2.29. The zero-order valence-corrected chi connectivity index (χ0v) is 12.9. The van der Waals surface area contributed by atoms with E-state index in [0.29, 0.717) is 0 Å². The summed E-state index contributed by atoms with van der Waals surface area (Å²) in [5, 5.41) is 9.23. The van der Waals surface area contributed by atoms with Crippen LogP contribution in [0.15, 0.2) is 42.5 Å². The highest BCUT2D eigenvalue weighted by molar-refractivity contribution is 5.69. The summed E-state index contributed by atoms with van der Waals surface area (Å²) in [5.74, 6) is -0.856. The first-order valence-electron chi connectivity index (χ1n) is 7.39. The molecule has 1 N–H and O–H groups in total. The lowest BCUT2D eigenvalue weighted by atomic mass is 9.86. The van der Waals surface area contributed by atoms with Crippen LogP contribution >= 0.6 is 0 Å². The quantitative estimate of drug-likeness (QED) is 0.878. The van der Waals surface area contributed by atoms with Crippen LogP contribution in [0, 0.1) is 13.8 Å². The van der Waals surface area contributed by atoms with E-state index in [0.717, 1.165) is 17.5 Å². The number of carboxylic acid groups (broad SMARTS) is 1. The molecule has 0 aromatic heterocycles. The van der Waals surface area contributed by atoms with E-state index in [9.17, 15) is 9.90 Å². The SMILES string of the molecule is CCc1ccc(C(CC(=O)O)c2ccc(C)c(C)c2)cc1. The third-order valence-corrected chi connectivity index (χ3v) is 4.10. The van der Waals surface area contributed by atoms with Gasteiger partial charge in [0, 0.05) is 5.92 Å². The van der Waals surface area contributed by atoms with Crippen molar-refractivity contribution in [2.45, 2.75) is 39.5 Å². The highest BCUT2D eigenvalue weighted by Gasteiger charge is 2.18. The van der Waals surface area contributed by atoms with Crippen molar-refractivity contribution < 1.29 is 9.90 Å². The van der Waals surface area contributed by atoms with Crippen LogP contribution in [0.1, 0.15) is 47.1 Å². The molecular weight excluding hydrogens is 260 g/mol. The summed E-state index contributed by atoms with van der Waals surface area (Å²) in [7, 11) is 0. The van der Waals surface area contributed by atoms with Crippen LogP contribution in [-0.2, 0) is 11.2 Å². The van der Waals surface area contributed by atoms with Gasteiger partial charge in [-0.1, -0.05) is 49.4 Å². The molecule has 0 aliphatic rings. The number of carboxylic acids is 1. The Hall–Kier alpha value is -2.09. The molecule has 2 rings (SSSR count). The number of hydrogen-bond donors (Lipinski definition) is 1. The first kappa shape index (κ1) is 15.3. The molecule has 0 aliphatic heterocycles. The lowest BCUT2D eigenvalue weighted by Gasteiger charge is -2.18. The van der Waals surface area contributed by atoms with Gasteiger partial charge in [-0.3, -0.25) is 4.79 Å². The molecule has 2 nitrogen and oxygen atoms in total. The Kier molecular flexibility index (Phi) is 4.79. The Balaban J connectivity index is 2.41. The lowest BCUT2D eigenvalue weighted by molar-refractivity contribution is -0.137. The molecule has 1 atom stereocenters. The molecule has 0 amide bonds. The number of rotatable bonds is 5. The van der Waals surface area contributed by atoms with Crippen LogP contribution in [0.5, 0.6) is 0 Å². The van der Waals surface area contributed by atoms with Gasteiger partial charge in [-0.15, -0.1) is 0 Å². The highest BCUT2D eigenvalue weighted by atomic mass is 16.4. The molecule has 0 aliphatic carbocycles. The summed E-state index contributed by atoms with van der Waals surface area (Å²) in [6, 6.07) is 14.5. The molecule has 2 aromatic carbocycles. The first-order chi connectivity index (χ1) is 10.0. The van der Waals surface area contributed by atoms with E-state index in [-0.39, 0.29) is 12.3 Å². The van der Waals surface area contributed by atoms with Crippen molar-refractivity contribution in [2.24, 2.45) is 0 Å². The number of benzene rings is 2. The topological polar surface area (TPSA) is 37.3 Å². The van der Waals surface area contributed by atoms with Crippen LogP contribution in [0.2, 0.25) is 0 Å². The van der Waals surface area contributed by atoms with E-state index in [2.05, 4.69) is 57.2 Å². The van der Waals surface area contributed by atoms with E-state index in [4.69, 9.17) is 0 Å². The second-order valence-corrected chi connectivity index (χ2v) is 5.59. The van der Waals surface area contributed by atoms with Gasteiger partial charge in [0.25, 0.3) is 0 Å². The van der Waals surface area contributed by atoms with Crippen molar-refractivity contribution >= 4 is 5.97 Å². The summed E-state index contributed by atoms with van der Waals surface area (Å²) in [6.07, 6.45) is 1.11. The van der Waals surface area contributed by atoms with Crippen molar-refractivity contribution in [3.8, 4) is 0 Å². The molecule has 0 saturated carbocycles. The van der Waals surface area contributed by atoms with E-state index >= 15 is 0 Å². The number of aryl methyl sites for hydroxylation is 3. The van der Waals surface area contributed by atoms with Gasteiger partial charge in [0.05, 0.1) is 6.42 Å². The Labute approximate surface area is 126 Å². The average Bonchev–Trinajstić information content (AvgIpc) is 2.48. The third-order valence-electron chi connectivity index (χ3n) is 4.10. The summed E-state index contributed by atoms with van der Waals surface area (Å²) in [4.78, 5) is 11.2. The minimum absolute atomic E-state index is 0.0901. The monoisotopic (exact) mass is 282 g/mol. The fourth-order valence-electron chi connectivity index (χ4n) is 2.57. The molecule has 0 heterocycles. The van der Waals surface area contributed by atoms with E-state index in [1.54, 1.807) is 0 Å². The molecule has 2 aromatic rings. The predicted octanol–water partition coefficient (Wildman–Crippen LogP) is 4.47. The van der Waals surface area contributed by atoms with E-state index < -0.39 is 5.97 Å². The Morgan fingerprint density at radius 3 is 2.14 bits per heavy atom. The van der Waals surface area contributed by atoms with Gasteiger partial charge in [-0.05, 0) is 48.1 Å². The molecule has 0 spiro atoms. The molecule has 0 bridgehead atoms. The lowest BCUT2D eigenvalue weighted by Crippen LogP contribution is -2.08. The molecule has 110 valence electrons. The number of aliphatic carboxylic acids is 1. The summed E-state index contributed by atoms with van der Waals surface area (Å²) in [5.41, 5.74) is 5.85. The zero-order valence-electron chi connectivity index (χ0n) is 12.9. The van der Waals surface area contributed by atoms with Crippen LogP contribution in [-0.4, -0.2) is 11.1 Å². The van der Waals surface area contributed by atoms with E-state index in [1.165, 1.54) is 16.7 Å². The van der Waals surface area contributed by atoms with Gasteiger partial charge in [0.2, 0.25) is 0 Å². The van der Waals surface area contributed by atoms with Crippen LogP contribution in [0.25, 0.3) is 0 Å². The fraction of sp³-hybridized carbons (Fsp3) is 0.316. The van der Waals surface area contributed by atoms with Gasteiger partial charge in [-0.2, -0.15) is 0 Å². The third kappa shape index (κ3) is 3.72. The normalized spacial score (nSPS) is 12.1. The van der Waals surface area contributed by atoms with Crippen LogP contribution < -0.4 is 0 Å². The number of hydrogen-bond acceptors (Lipinski definition) is 1.